The lowest BCUT2D eigenvalue weighted by Crippen LogP contribution is -2.16. The number of carbonyl (C=O) groups excluding carboxylic acids is 1. The summed E-state index contributed by atoms with van der Waals surface area (Å²) in [5.41, 5.74) is 2.15. The Morgan fingerprint density at radius 1 is 1.21 bits per heavy atom. The summed E-state index contributed by atoms with van der Waals surface area (Å²) in [6, 6.07) is 13.8. The molecule has 0 radical (unpaired) electrons. The molecule has 1 heterocycles. The number of carbonyl (C=O) groups is 1. The minimum Gasteiger partial charge on any atom is -0.310 e. The van der Waals surface area contributed by atoms with Crippen LogP contribution in [0.1, 0.15) is 30.4 Å². The molecule has 2 rings (SSSR count). The number of aryl methyl sites for hydroxylation is 1. The van der Waals surface area contributed by atoms with Gasteiger partial charge in [-0.15, -0.1) is 0 Å². The molecule has 1 atom stereocenters. The van der Waals surface area contributed by atoms with Crippen LogP contribution in [0.3, 0.4) is 0 Å². The second-order valence-electron chi connectivity index (χ2n) is 4.73. The van der Waals surface area contributed by atoms with Crippen molar-refractivity contribution < 1.29 is 4.79 Å². The predicted octanol–water partition coefficient (Wildman–Crippen LogP) is 3.52. The van der Waals surface area contributed by atoms with E-state index in [1.165, 1.54) is 5.56 Å². The number of anilines is 1. The van der Waals surface area contributed by atoms with Gasteiger partial charge in [0.1, 0.15) is 5.82 Å². The molecular weight excluding hydrogens is 236 g/mol. The van der Waals surface area contributed by atoms with E-state index in [1.54, 1.807) is 6.20 Å². The van der Waals surface area contributed by atoms with Crippen molar-refractivity contribution in [2.75, 3.05) is 5.32 Å². The summed E-state index contributed by atoms with van der Waals surface area (Å²) in [5.74, 6) is 0.844. The number of nitrogens with one attached hydrogen (secondary N) is 1. The molecule has 0 bridgehead atoms. The van der Waals surface area contributed by atoms with Crippen LogP contribution in [0, 0.1) is 6.92 Å². The van der Waals surface area contributed by atoms with E-state index in [-0.39, 0.29) is 11.8 Å². The van der Waals surface area contributed by atoms with Crippen LogP contribution in [-0.2, 0) is 4.79 Å². The Morgan fingerprint density at radius 2 is 1.95 bits per heavy atom. The van der Waals surface area contributed by atoms with Crippen molar-refractivity contribution in [2.24, 2.45) is 0 Å². The van der Waals surface area contributed by atoms with Crippen molar-refractivity contribution in [3.63, 3.8) is 0 Å². The summed E-state index contributed by atoms with van der Waals surface area (Å²) in [4.78, 5) is 16.2. The molecule has 0 aliphatic rings. The van der Waals surface area contributed by atoms with Crippen LogP contribution < -0.4 is 5.32 Å². The highest BCUT2D eigenvalue weighted by Gasteiger charge is 2.12. The Balaban J connectivity index is 1.97. The Hall–Kier alpha value is -2.16. The van der Waals surface area contributed by atoms with E-state index in [1.807, 2.05) is 49.4 Å². The summed E-state index contributed by atoms with van der Waals surface area (Å²) >= 11 is 0. The molecule has 3 nitrogen and oxygen atoms in total. The highest BCUT2D eigenvalue weighted by atomic mass is 16.1. The van der Waals surface area contributed by atoms with Gasteiger partial charge in [-0.05, 0) is 30.0 Å². The Morgan fingerprint density at radius 3 is 2.63 bits per heavy atom. The zero-order valence-electron chi connectivity index (χ0n) is 11.3. The standard InChI is InChI=1S/C16H18N2O/c1-12-7-6-10-17-16(12)18-15(19)11-13(2)14-8-4-3-5-9-14/h3-10,13H,11H2,1-2H3,(H,17,18,19)/t13-/m1/s1. The van der Waals surface area contributed by atoms with Gasteiger partial charge in [-0.25, -0.2) is 4.98 Å². The number of pyridine rings is 1. The lowest BCUT2D eigenvalue weighted by Gasteiger charge is -2.12. The van der Waals surface area contributed by atoms with E-state index >= 15 is 0 Å². The minimum atomic E-state index is -0.00171. The van der Waals surface area contributed by atoms with Crippen molar-refractivity contribution >= 4 is 11.7 Å². The Labute approximate surface area is 113 Å². The number of hydrogen-bond acceptors (Lipinski definition) is 2. The first-order valence-corrected chi connectivity index (χ1v) is 6.43. The lowest BCUT2D eigenvalue weighted by molar-refractivity contribution is -0.116. The van der Waals surface area contributed by atoms with Crippen molar-refractivity contribution in [2.45, 2.75) is 26.2 Å². The van der Waals surface area contributed by atoms with Gasteiger partial charge in [-0.2, -0.15) is 0 Å². The van der Waals surface area contributed by atoms with Crippen molar-refractivity contribution in [1.29, 1.82) is 0 Å². The lowest BCUT2D eigenvalue weighted by atomic mass is 9.97. The highest BCUT2D eigenvalue weighted by Crippen LogP contribution is 2.19. The van der Waals surface area contributed by atoms with Crippen molar-refractivity contribution in [3.8, 4) is 0 Å². The smallest absolute Gasteiger partial charge is 0.226 e. The SMILES string of the molecule is Cc1cccnc1NC(=O)C[C@@H](C)c1ccccc1. The van der Waals surface area contributed by atoms with Gasteiger partial charge in [0, 0.05) is 12.6 Å². The maximum atomic E-state index is 12.0. The first-order valence-electron chi connectivity index (χ1n) is 6.43. The fraction of sp³-hybridized carbons (Fsp3) is 0.250. The third-order valence-electron chi connectivity index (χ3n) is 3.13. The third-order valence-corrected chi connectivity index (χ3v) is 3.13. The zero-order valence-corrected chi connectivity index (χ0v) is 11.3. The first-order chi connectivity index (χ1) is 9.16. The topological polar surface area (TPSA) is 42.0 Å². The van der Waals surface area contributed by atoms with E-state index in [9.17, 15) is 4.79 Å². The van der Waals surface area contributed by atoms with Crippen molar-refractivity contribution in [1.82, 2.24) is 4.98 Å². The van der Waals surface area contributed by atoms with Crippen LogP contribution in [0.25, 0.3) is 0 Å². The van der Waals surface area contributed by atoms with Crippen LogP contribution in [0.4, 0.5) is 5.82 Å². The van der Waals surface area contributed by atoms with E-state index in [0.717, 1.165) is 5.56 Å². The molecule has 0 saturated heterocycles. The summed E-state index contributed by atoms with van der Waals surface area (Å²) < 4.78 is 0. The summed E-state index contributed by atoms with van der Waals surface area (Å²) in [6.07, 6.45) is 2.14. The van der Waals surface area contributed by atoms with Crippen LogP contribution in [0.15, 0.2) is 48.7 Å². The zero-order chi connectivity index (χ0) is 13.7. The quantitative estimate of drug-likeness (QED) is 0.907. The van der Waals surface area contributed by atoms with Gasteiger partial charge in [-0.1, -0.05) is 43.3 Å². The molecule has 98 valence electrons. The maximum Gasteiger partial charge on any atom is 0.226 e. The van der Waals surface area contributed by atoms with Gasteiger partial charge in [-0.3, -0.25) is 4.79 Å². The van der Waals surface area contributed by atoms with Gasteiger partial charge in [0.15, 0.2) is 0 Å². The second-order valence-corrected chi connectivity index (χ2v) is 4.73. The molecule has 0 aliphatic heterocycles. The van der Waals surface area contributed by atoms with Crippen LogP contribution in [0.2, 0.25) is 0 Å². The van der Waals surface area contributed by atoms with Crippen LogP contribution >= 0.6 is 0 Å². The molecule has 19 heavy (non-hydrogen) atoms. The van der Waals surface area contributed by atoms with E-state index < -0.39 is 0 Å². The van der Waals surface area contributed by atoms with E-state index in [0.29, 0.717) is 12.2 Å². The molecule has 1 amide bonds. The van der Waals surface area contributed by atoms with Gasteiger partial charge in [0.25, 0.3) is 0 Å². The first kappa shape index (κ1) is 13.3. The summed E-state index contributed by atoms with van der Waals surface area (Å²) in [6.45, 7) is 3.99. The Bertz CT molecular complexity index is 552. The van der Waals surface area contributed by atoms with E-state index in [4.69, 9.17) is 0 Å². The monoisotopic (exact) mass is 254 g/mol. The van der Waals surface area contributed by atoms with Gasteiger partial charge >= 0.3 is 0 Å². The maximum absolute atomic E-state index is 12.0. The molecule has 1 aromatic carbocycles. The molecule has 0 fully saturated rings. The van der Waals surface area contributed by atoms with Crippen LogP contribution in [0.5, 0.6) is 0 Å². The molecule has 0 aliphatic carbocycles. The number of amides is 1. The van der Waals surface area contributed by atoms with E-state index in [2.05, 4.69) is 17.2 Å². The second kappa shape index (κ2) is 6.14. The average molecular weight is 254 g/mol. The molecule has 0 spiro atoms. The summed E-state index contributed by atoms with van der Waals surface area (Å²) in [5, 5.41) is 2.86. The molecular formula is C16H18N2O. The summed E-state index contributed by atoms with van der Waals surface area (Å²) in [7, 11) is 0. The number of benzene rings is 1. The average Bonchev–Trinajstić information content (AvgIpc) is 2.42. The molecule has 1 N–H and O–H groups in total. The number of nitrogens with zero attached hydrogens (tertiary/aromatic N) is 1. The fourth-order valence-corrected chi connectivity index (χ4v) is 1.98. The van der Waals surface area contributed by atoms with Gasteiger partial charge in [0.2, 0.25) is 5.91 Å². The van der Waals surface area contributed by atoms with Gasteiger partial charge < -0.3 is 5.32 Å². The normalized spacial score (nSPS) is 11.9. The van der Waals surface area contributed by atoms with Crippen LogP contribution in [-0.4, -0.2) is 10.9 Å². The Kier molecular flexibility index (Phi) is 4.29. The highest BCUT2D eigenvalue weighted by molar-refractivity contribution is 5.90. The molecule has 2 aromatic rings. The molecule has 0 unspecified atom stereocenters. The largest absolute Gasteiger partial charge is 0.310 e. The fourth-order valence-electron chi connectivity index (χ4n) is 1.98. The molecule has 3 heteroatoms. The number of hydrogen-bond donors (Lipinski definition) is 1. The predicted molar refractivity (Wildman–Crippen MR) is 77.1 cm³/mol. The van der Waals surface area contributed by atoms with Gasteiger partial charge in [0.05, 0.1) is 0 Å². The minimum absolute atomic E-state index is 0.00171. The molecule has 1 aromatic heterocycles. The number of aromatic nitrogens is 1. The van der Waals surface area contributed by atoms with Crippen molar-refractivity contribution in [3.05, 3.63) is 59.8 Å². The number of rotatable bonds is 4. The molecule has 0 saturated carbocycles. The third kappa shape index (κ3) is 3.65.